The van der Waals surface area contributed by atoms with Gasteiger partial charge in [0.05, 0.1) is 5.56 Å². The fourth-order valence-electron chi connectivity index (χ4n) is 3.22. The minimum Gasteiger partial charge on any atom is -0.480 e. The quantitative estimate of drug-likeness (QED) is 0.719. The monoisotopic (exact) mass is 391 g/mol. The van der Waals surface area contributed by atoms with Crippen LogP contribution in [0.3, 0.4) is 0 Å². The summed E-state index contributed by atoms with van der Waals surface area (Å²) >= 11 is 0. The number of aliphatic carboxylic acids is 1. The average Bonchev–Trinajstić information content (AvgIpc) is 3.22. The Morgan fingerprint density at radius 3 is 2.59 bits per heavy atom. The standard InChI is InChI=1S/C20H17N5O4/c26-18-12-24(16-5-2-1-4-15(16)11-23(18)13-19(27)28)20(29)14-6-7-17(21-10-14)25-9-3-8-22-25/h1-10H,11-13H2,(H,27,28). The minimum absolute atomic E-state index is 0.127. The summed E-state index contributed by atoms with van der Waals surface area (Å²) in [6.07, 6.45) is 4.81. The Kier molecular flexibility index (Phi) is 4.78. The van der Waals surface area contributed by atoms with Gasteiger partial charge < -0.3 is 10.0 Å². The second-order valence-electron chi connectivity index (χ2n) is 6.52. The van der Waals surface area contributed by atoms with Gasteiger partial charge in [-0.2, -0.15) is 5.10 Å². The molecule has 4 rings (SSSR count). The molecule has 2 amide bonds. The van der Waals surface area contributed by atoms with Crippen LogP contribution in [0.25, 0.3) is 5.82 Å². The van der Waals surface area contributed by atoms with E-state index in [0.29, 0.717) is 22.6 Å². The number of nitrogens with zero attached hydrogens (tertiary/aromatic N) is 5. The molecular formula is C20H17N5O4. The Bertz CT molecular complexity index is 1060. The molecule has 3 aromatic rings. The second kappa shape index (κ2) is 7.55. The molecule has 0 spiro atoms. The number of carbonyl (C=O) groups excluding carboxylic acids is 2. The zero-order valence-electron chi connectivity index (χ0n) is 15.3. The van der Waals surface area contributed by atoms with E-state index in [9.17, 15) is 14.4 Å². The van der Waals surface area contributed by atoms with Crippen molar-refractivity contribution in [2.45, 2.75) is 6.54 Å². The lowest BCUT2D eigenvalue weighted by Gasteiger charge is -2.22. The Hall–Kier alpha value is -4.01. The predicted octanol–water partition coefficient (Wildman–Crippen LogP) is 1.34. The second-order valence-corrected chi connectivity index (χ2v) is 6.52. The zero-order valence-corrected chi connectivity index (χ0v) is 15.3. The largest absolute Gasteiger partial charge is 0.480 e. The van der Waals surface area contributed by atoms with E-state index in [1.54, 1.807) is 59.5 Å². The van der Waals surface area contributed by atoms with Gasteiger partial charge in [0, 0.05) is 30.8 Å². The van der Waals surface area contributed by atoms with Crippen LogP contribution in [0.15, 0.2) is 61.1 Å². The van der Waals surface area contributed by atoms with E-state index >= 15 is 0 Å². The van der Waals surface area contributed by atoms with Gasteiger partial charge in [0.1, 0.15) is 13.1 Å². The number of rotatable bonds is 4. The number of fused-ring (bicyclic) bond motifs is 1. The molecule has 0 atom stereocenters. The SMILES string of the molecule is O=C(O)CN1Cc2ccccc2N(C(=O)c2ccc(-n3cccn3)nc2)CC1=O. The maximum absolute atomic E-state index is 13.2. The lowest BCUT2D eigenvalue weighted by molar-refractivity contribution is -0.144. The van der Waals surface area contributed by atoms with E-state index in [2.05, 4.69) is 10.1 Å². The minimum atomic E-state index is -1.10. The lowest BCUT2D eigenvalue weighted by Crippen LogP contribution is -2.41. The molecule has 0 aliphatic carbocycles. The van der Waals surface area contributed by atoms with Crippen LogP contribution < -0.4 is 4.90 Å². The van der Waals surface area contributed by atoms with Crippen LogP contribution in [0.5, 0.6) is 0 Å². The van der Waals surface area contributed by atoms with Crippen molar-refractivity contribution in [2.24, 2.45) is 0 Å². The van der Waals surface area contributed by atoms with Crippen molar-refractivity contribution in [3.8, 4) is 5.82 Å². The van der Waals surface area contributed by atoms with E-state index in [-0.39, 0.29) is 19.0 Å². The van der Waals surface area contributed by atoms with Crippen molar-refractivity contribution < 1.29 is 19.5 Å². The summed E-state index contributed by atoms with van der Waals surface area (Å²) in [5.41, 5.74) is 1.60. The molecule has 0 bridgehead atoms. The van der Waals surface area contributed by atoms with E-state index in [1.165, 1.54) is 16.0 Å². The number of carbonyl (C=O) groups is 3. The van der Waals surface area contributed by atoms with Crippen molar-refractivity contribution in [1.29, 1.82) is 0 Å². The first-order valence-electron chi connectivity index (χ1n) is 8.88. The number of para-hydroxylation sites is 1. The smallest absolute Gasteiger partial charge is 0.323 e. The third-order valence-electron chi connectivity index (χ3n) is 4.59. The predicted molar refractivity (Wildman–Crippen MR) is 103 cm³/mol. The summed E-state index contributed by atoms with van der Waals surface area (Å²) in [4.78, 5) is 43.8. The molecule has 9 heteroatoms. The van der Waals surface area contributed by atoms with Gasteiger partial charge in [-0.1, -0.05) is 18.2 Å². The first-order chi connectivity index (χ1) is 14.0. The van der Waals surface area contributed by atoms with Crippen molar-refractivity contribution in [1.82, 2.24) is 19.7 Å². The van der Waals surface area contributed by atoms with Gasteiger partial charge >= 0.3 is 5.97 Å². The van der Waals surface area contributed by atoms with Gasteiger partial charge in [0.25, 0.3) is 5.91 Å². The summed E-state index contributed by atoms with van der Waals surface area (Å²) in [5.74, 6) is -1.36. The molecular weight excluding hydrogens is 374 g/mol. The number of carboxylic acids is 1. The Labute approximate surface area is 165 Å². The van der Waals surface area contributed by atoms with Crippen LogP contribution in [0.4, 0.5) is 5.69 Å². The van der Waals surface area contributed by atoms with Gasteiger partial charge in [-0.3, -0.25) is 19.3 Å². The molecule has 1 aromatic carbocycles. The number of anilines is 1. The molecule has 146 valence electrons. The van der Waals surface area contributed by atoms with Crippen molar-refractivity contribution >= 4 is 23.5 Å². The van der Waals surface area contributed by atoms with Crippen LogP contribution in [-0.4, -0.2) is 55.6 Å². The molecule has 0 fully saturated rings. The van der Waals surface area contributed by atoms with Gasteiger partial charge in [-0.05, 0) is 29.8 Å². The van der Waals surface area contributed by atoms with E-state index in [1.807, 2.05) is 0 Å². The molecule has 1 N–H and O–H groups in total. The third-order valence-corrected chi connectivity index (χ3v) is 4.59. The van der Waals surface area contributed by atoms with Gasteiger partial charge in [-0.15, -0.1) is 0 Å². The first kappa shape index (κ1) is 18.4. The van der Waals surface area contributed by atoms with Crippen LogP contribution >= 0.6 is 0 Å². The number of aromatic nitrogens is 3. The first-order valence-corrected chi connectivity index (χ1v) is 8.88. The summed E-state index contributed by atoms with van der Waals surface area (Å²) in [7, 11) is 0. The Morgan fingerprint density at radius 1 is 1.07 bits per heavy atom. The highest BCUT2D eigenvalue weighted by atomic mass is 16.4. The number of pyridine rings is 1. The summed E-state index contributed by atoms with van der Waals surface area (Å²) in [5, 5.41) is 13.2. The average molecular weight is 391 g/mol. The van der Waals surface area contributed by atoms with Gasteiger partial charge in [0.2, 0.25) is 5.91 Å². The summed E-state index contributed by atoms with van der Waals surface area (Å²) in [6.45, 7) is -0.541. The number of amides is 2. The highest BCUT2D eigenvalue weighted by Crippen LogP contribution is 2.27. The fourth-order valence-corrected chi connectivity index (χ4v) is 3.22. The molecule has 3 heterocycles. The molecule has 9 nitrogen and oxygen atoms in total. The summed E-state index contributed by atoms with van der Waals surface area (Å²) < 4.78 is 1.57. The molecule has 0 saturated carbocycles. The van der Waals surface area contributed by atoms with Crippen molar-refractivity contribution in [3.63, 3.8) is 0 Å². The Balaban J connectivity index is 1.65. The van der Waals surface area contributed by atoms with E-state index in [4.69, 9.17) is 5.11 Å². The maximum atomic E-state index is 13.2. The maximum Gasteiger partial charge on any atom is 0.323 e. The number of hydrogen-bond donors (Lipinski definition) is 1. The molecule has 1 aliphatic rings. The van der Waals surface area contributed by atoms with E-state index < -0.39 is 18.4 Å². The number of benzene rings is 1. The number of carboxylic acid groups (broad SMARTS) is 1. The Morgan fingerprint density at radius 2 is 1.90 bits per heavy atom. The third kappa shape index (κ3) is 3.70. The molecule has 1 aliphatic heterocycles. The van der Waals surface area contributed by atoms with Crippen LogP contribution in [0.2, 0.25) is 0 Å². The molecule has 0 unspecified atom stereocenters. The number of hydrogen-bond acceptors (Lipinski definition) is 5. The van der Waals surface area contributed by atoms with Gasteiger partial charge in [-0.25, -0.2) is 9.67 Å². The van der Waals surface area contributed by atoms with Crippen molar-refractivity contribution in [3.05, 3.63) is 72.2 Å². The fraction of sp³-hybridized carbons (Fsp3) is 0.150. The van der Waals surface area contributed by atoms with Gasteiger partial charge in [0.15, 0.2) is 5.82 Å². The van der Waals surface area contributed by atoms with Crippen LogP contribution in [0.1, 0.15) is 15.9 Å². The lowest BCUT2D eigenvalue weighted by atomic mass is 10.1. The highest BCUT2D eigenvalue weighted by molar-refractivity contribution is 6.09. The topological polar surface area (TPSA) is 109 Å². The molecule has 0 radical (unpaired) electrons. The zero-order chi connectivity index (χ0) is 20.4. The summed E-state index contributed by atoms with van der Waals surface area (Å²) in [6, 6.07) is 12.1. The van der Waals surface area contributed by atoms with E-state index in [0.717, 1.165) is 0 Å². The van der Waals surface area contributed by atoms with Crippen molar-refractivity contribution in [2.75, 3.05) is 18.0 Å². The molecule has 2 aromatic heterocycles. The molecule has 29 heavy (non-hydrogen) atoms. The molecule has 0 saturated heterocycles. The van der Waals surface area contributed by atoms with Crippen LogP contribution in [0, 0.1) is 0 Å². The normalized spacial score (nSPS) is 13.7. The van der Waals surface area contributed by atoms with Crippen LogP contribution in [-0.2, 0) is 16.1 Å². The highest BCUT2D eigenvalue weighted by Gasteiger charge is 2.30.